The van der Waals surface area contributed by atoms with Crippen molar-refractivity contribution in [3.05, 3.63) is 119 Å². The monoisotopic (exact) mass is 505 g/mol. The topological polar surface area (TPSA) is 67.8 Å². The highest BCUT2D eigenvalue weighted by Gasteiger charge is 2.64. The Morgan fingerprint density at radius 1 is 0.895 bits per heavy atom. The maximum Gasteiger partial charge on any atom is 0.240 e. The Balaban J connectivity index is 1.72. The standard InChI is InChI=1S/C33H31NO4/c1-4-37-28-20-27-24(19-26(28)35)33(23-17-11-12-18-25(23)34-31(33)36)30(32(2,3)38-27)29(21-13-7-5-8-14-21)22-15-9-6-10-16-22/h5-20,29-30,35H,4H2,1-3H3,(H,34,36). The number of hydrogen-bond acceptors (Lipinski definition) is 4. The van der Waals surface area contributed by atoms with Crippen LogP contribution >= 0.6 is 0 Å². The molecule has 192 valence electrons. The molecule has 1 amide bonds. The van der Waals surface area contributed by atoms with Crippen LogP contribution in [-0.4, -0.2) is 23.2 Å². The molecule has 0 saturated carbocycles. The van der Waals surface area contributed by atoms with Crippen LogP contribution in [0.25, 0.3) is 0 Å². The van der Waals surface area contributed by atoms with E-state index in [1.165, 1.54) is 0 Å². The summed E-state index contributed by atoms with van der Waals surface area (Å²) < 4.78 is 12.5. The molecule has 2 aliphatic heterocycles. The van der Waals surface area contributed by atoms with E-state index in [2.05, 4.69) is 43.4 Å². The Bertz CT molecular complexity index is 1460. The minimum atomic E-state index is -1.13. The van der Waals surface area contributed by atoms with Crippen LogP contribution < -0.4 is 14.8 Å². The zero-order valence-electron chi connectivity index (χ0n) is 21.8. The Morgan fingerprint density at radius 2 is 1.50 bits per heavy atom. The van der Waals surface area contributed by atoms with Gasteiger partial charge in [-0.3, -0.25) is 4.79 Å². The molecule has 6 rings (SSSR count). The zero-order valence-corrected chi connectivity index (χ0v) is 21.8. The SMILES string of the molecule is CCOc1cc2c(cc1O)C1(C(=O)Nc3ccccc31)C(C(c1ccccc1)c1ccccc1)C(C)(C)O2. The maximum absolute atomic E-state index is 14.5. The quantitative estimate of drug-likeness (QED) is 0.319. The van der Waals surface area contributed by atoms with Crippen LogP contribution in [0, 0.1) is 5.92 Å². The first-order valence-electron chi connectivity index (χ1n) is 13.1. The molecule has 4 aromatic carbocycles. The number of para-hydroxylation sites is 1. The lowest BCUT2D eigenvalue weighted by atomic mass is 9.54. The van der Waals surface area contributed by atoms with E-state index >= 15 is 0 Å². The Hall–Kier alpha value is -4.25. The Morgan fingerprint density at radius 3 is 2.13 bits per heavy atom. The summed E-state index contributed by atoms with van der Waals surface area (Å²) in [4.78, 5) is 14.5. The summed E-state index contributed by atoms with van der Waals surface area (Å²) in [5.74, 6) is 0.186. The summed E-state index contributed by atoms with van der Waals surface area (Å²) in [5.41, 5.74) is 2.56. The maximum atomic E-state index is 14.5. The second kappa shape index (κ2) is 8.95. The van der Waals surface area contributed by atoms with Gasteiger partial charge in [-0.15, -0.1) is 0 Å². The number of phenols is 1. The number of fused-ring (bicyclic) bond motifs is 4. The summed E-state index contributed by atoms with van der Waals surface area (Å²) in [6.45, 7) is 6.38. The highest BCUT2D eigenvalue weighted by molar-refractivity contribution is 6.10. The van der Waals surface area contributed by atoms with E-state index in [0.29, 0.717) is 23.7 Å². The fourth-order valence-electron chi connectivity index (χ4n) is 6.65. The van der Waals surface area contributed by atoms with E-state index in [1.807, 2.05) is 67.6 Å². The summed E-state index contributed by atoms with van der Waals surface area (Å²) in [7, 11) is 0. The van der Waals surface area contributed by atoms with E-state index < -0.39 is 11.0 Å². The molecule has 0 radical (unpaired) electrons. The number of nitrogens with one attached hydrogen (secondary N) is 1. The molecule has 4 aromatic rings. The number of carbonyl (C=O) groups is 1. The van der Waals surface area contributed by atoms with Gasteiger partial charge in [-0.1, -0.05) is 78.9 Å². The largest absolute Gasteiger partial charge is 0.504 e. The fraction of sp³-hybridized carbons (Fsp3) is 0.242. The molecule has 0 aliphatic carbocycles. The molecule has 5 nitrogen and oxygen atoms in total. The summed E-state index contributed by atoms with van der Waals surface area (Å²) in [5, 5.41) is 14.2. The minimum Gasteiger partial charge on any atom is -0.504 e. The molecule has 0 bridgehead atoms. The van der Waals surface area contributed by atoms with Gasteiger partial charge in [0.05, 0.1) is 6.61 Å². The van der Waals surface area contributed by atoms with Crippen molar-refractivity contribution in [2.75, 3.05) is 11.9 Å². The molecule has 38 heavy (non-hydrogen) atoms. The van der Waals surface area contributed by atoms with Crippen molar-refractivity contribution in [1.29, 1.82) is 0 Å². The normalized spacial score (nSPS) is 20.9. The predicted octanol–water partition coefficient (Wildman–Crippen LogP) is 6.65. The number of aromatic hydroxyl groups is 1. The lowest BCUT2D eigenvalue weighted by Gasteiger charge is -2.53. The number of benzene rings is 4. The van der Waals surface area contributed by atoms with Crippen LogP contribution in [-0.2, 0) is 10.2 Å². The van der Waals surface area contributed by atoms with Gasteiger partial charge in [0.25, 0.3) is 0 Å². The highest BCUT2D eigenvalue weighted by Crippen LogP contribution is 2.62. The first-order chi connectivity index (χ1) is 18.4. The molecule has 2 aliphatic rings. The van der Waals surface area contributed by atoms with Crippen molar-refractivity contribution in [3.8, 4) is 17.2 Å². The van der Waals surface area contributed by atoms with E-state index in [1.54, 1.807) is 12.1 Å². The smallest absolute Gasteiger partial charge is 0.240 e. The average molecular weight is 506 g/mol. The number of rotatable bonds is 5. The van der Waals surface area contributed by atoms with Gasteiger partial charge in [0.1, 0.15) is 16.8 Å². The fourth-order valence-corrected chi connectivity index (χ4v) is 6.65. The minimum absolute atomic E-state index is 0.0137. The molecule has 5 heteroatoms. The van der Waals surface area contributed by atoms with E-state index in [-0.39, 0.29) is 23.5 Å². The first-order valence-corrected chi connectivity index (χ1v) is 13.1. The van der Waals surface area contributed by atoms with Crippen molar-refractivity contribution < 1.29 is 19.4 Å². The van der Waals surface area contributed by atoms with Gasteiger partial charge >= 0.3 is 0 Å². The third-order valence-corrected chi connectivity index (χ3v) is 7.98. The zero-order chi connectivity index (χ0) is 26.5. The molecule has 0 aromatic heterocycles. The number of anilines is 1. The van der Waals surface area contributed by atoms with E-state index in [4.69, 9.17) is 9.47 Å². The summed E-state index contributed by atoms with van der Waals surface area (Å²) >= 11 is 0. The van der Waals surface area contributed by atoms with Gasteiger partial charge in [0, 0.05) is 29.2 Å². The van der Waals surface area contributed by atoms with Crippen LogP contribution in [0.5, 0.6) is 17.2 Å². The van der Waals surface area contributed by atoms with Crippen LogP contribution in [0.4, 0.5) is 5.69 Å². The van der Waals surface area contributed by atoms with Gasteiger partial charge in [0.2, 0.25) is 5.91 Å². The molecule has 2 atom stereocenters. The summed E-state index contributed by atoms with van der Waals surface area (Å²) in [6.07, 6.45) is 0. The predicted molar refractivity (Wildman–Crippen MR) is 148 cm³/mol. The lowest BCUT2D eigenvalue weighted by molar-refractivity contribution is -0.127. The second-order valence-electron chi connectivity index (χ2n) is 10.5. The number of hydrogen-bond donors (Lipinski definition) is 2. The van der Waals surface area contributed by atoms with Crippen LogP contribution in [0.2, 0.25) is 0 Å². The van der Waals surface area contributed by atoms with Crippen molar-refractivity contribution in [2.45, 2.75) is 37.7 Å². The Labute approximate surface area is 223 Å². The number of carbonyl (C=O) groups excluding carboxylic acids is 1. The molecule has 2 unspecified atom stereocenters. The van der Waals surface area contributed by atoms with E-state index in [9.17, 15) is 9.90 Å². The van der Waals surface area contributed by atoms with Crippen molar-refractivity contribution in [1.82, 2.24) is 0 Å². The molecule has 0 saturated heterocycles. The van der Waals surface area contributed by atoms with Gasteiger partial charge in [0.15, 0.2) is 11.5 Å². The van der Waals surface area contributed by atoms with Gasteiger partial charge in [-0.25, -0.2) is 0 Å². The number of amides is 1. The van der Waals surface area contributed by atoms with Gasteiger partial charge < -0.3 is 19.9 Å². The first kappa shape index (κ1) is 24.1. The van der Waals surface area contributed by atoms with Crippen molar-refractivity contribution >= 4 is 11.6 Å². The number of phenolic OH excluding ortho intramolecular Hbond substituents is 1. The average Bonchev–Trinajstić information content (AvgIpc) is 3.20. The number of ether oxygens (including phenoxy) is 2. The molecular weight excluding hydrogens is 474 g/mol. The van der Waals surface area contributed by atoms with Crippen LogP contribution in [0.1, 0.15) is 48.9 Å². The highest BCUT2D eigenvalue weighted by atomic mass is 16.5. The second-order valence-corrected chi connectivity index (χ2v) is 10.5. The van der Waals surface area contributed by atoms with Crippen LogP contribution in [0.3, 0.4) is 0 Å². The molecule has 1 spiro atoms. The van der Waals surface area contributed by atoms with Crippen molar-refractivity contribution in [3.63, 3.8) is 0 Å². The molecular formula is C33H31NO4. The molecule has 2 heterocycles. The third kappa shape index (κ3) is 3.49. The Kier molecular flexibility index (Phi) is 5.68. The molecule has 2 N–H and O–H groups in total. The van der Waals surface area contributed by atoms with Crippen LogP contribution in [0.15, 0.2) is 97.1 Å². The van der Waals surface area contributed by atoms with Gasteiger partial charge in [-0.05, 0) is 49.6 Å². The van der Waals surface area contributed by atoms with E-state index in [0.717, 1.165) is 22.4 Å². The summed E-state index contributed by atoms with van der Waals surface area (Å²) in [6, 6.07) is 31.9. The third-order valence-electron chi connectivity index (χ3n) is 7.98. The lowest BCUT2D eigenvalue weighted by Crippen LogP contribution is -2.59. The van der Waals surface area contributed by atoms with Gasteiger partial charge in [-0.2, -0.15) is 0 Å². The van der Waals surface area contributed by atoms with Crippen molar-refractivity contribution in [2.24, 2.45) is 5.92 Å². The molecule has 0 fully saturated rings.